The molecule has 6 heteroatoms. The van der Waals surface area contributed by atoms with Crippen molar-refractivity contribution in [1.29, 1.82) is 0 Å². The molecule has 2 aromatic rings. The van der Waals surface area contributed by atoms with Crippen LogP contribution < -0.4 is 9.64 Å². The van der Waals surface area contributed by atoms with Crippen molar-refractivity contribution in [2.45, 2.75) is 6.42 Å². The van der Waals surface area contributed by atoms with E-state index in [0.29, 0.717) is 11.1 Å². The van der Waals surface area contributed by atoms with Crippen LogP contribution in [-0.4, -0.2) is 44.5 Å². The first-order chi connectivity index (χ1) is 12.0. The number of Topliss-reactive ketones (excluding diaryl/α,β-unsaturated/α-hetero) is 1. The minimum atomic E-state index is -0.411. The summed E-state index contributed by atoms with van der Waals surface area (Å²) in [4.78, 5) is 27.4. The number of ether oxygens (including phenoxy) is 2. The number of carbonyl (C=O) groups is 2. The number of phenols is 1. The highest BCUT2D eigenvalue weighted by Crippen LogP contribution is 2.47. The van der Waals surface area contributed by atoms with Crippen LogP contribution in [0.15, 0.2) is 24.0 Å². The Hall–Kier alpha value is -3.02. The molecular formula is C19H17NO5. The lowest BCUT2D eigenvalue weighted by molar-refractivity contribution is 0.0918. The van der Waals surface area contributed by atoms with E-state index in [0.717, 1.165) is 29.6 Å². The van der Waals surface area contributed by atoms with Crippen LogP contribution in [0.2, 0.25) is 0 Å². The van der Waals surface area contributed by atoms with Crippen LogP contribution in [-0.2, 0) is 11.2 Å². The van der Waals surface area contributed by atoms with Gasteiger partial charge in [-0.1, -0.05) is 0 Å². The van der Waals surface area contributed by atoms with Gasteiger partial charge < -0.3 is 19.5 Å². The number of anilines is 1. The number of ketones is 2. The third kappa shape index (κ3) is 1.97. The molecule has 0 aromatic heterocycles. The van der Waals surface area contributed by atoms with Crippen LogP contribution in [0.4, 0.5) is 5.69 Å². The zero-order valence-corrected chi connectivity index (χ0v) is 14.2. The van der Waals surface area contributed by atoms with E-state index in [2.05, 4.69) is 0 Å². The van der Waals surface area contributed by atoms with Crippen molar-refractivity contribution < 1.29 is 24.2 Å². The predicted octanol–water partition coefficient (Wildman–Crippen LogP) is 2.46. The van der Waals surface area contributed by atoms with Crippen LogP contribution >= 0.6 is 0 Å². The Morgan fingerprint density at radius 2 is 1.88 bits per heavy atom. The van der Waals surface area contributed by atoms with Gasteiger partial charge in [0, 0.05) is 47.3 Å². The summed E-state index contributed by atoms with van der Waals surface area (Å²) in [5, 5.41) is 11.9. The fourth-order valence-corrected chi connectivity index (χ4v) is 3.68. The Kier molecular flexibility index (Phi) is 3.25. The van der Waals surface area contributed by atoms with Crippen molar-refractivity contribution in [3.63, 3.8) is 0 Å². The topological polar surface area (TPSA) is 76.1 Å². The van der Waals surface area contributed by atoms with Crippen LogP contribution in [0.3, 0.4) is 0 Å². The molecule has 0 spiro atoms. The van der Waals surface area contributed by atoms with Crippen LogP contribution in [0.1, 0.15) is 26.3 Å². The molecule has 0 fully saturated rings. The van der Waals surface area contributed by atoms with Crippen LogP contribution in [0.5, 0.6) is 11.5 Å². The molecule has 0 atom stereocenters. The molecule has 0 saturated carbocycles. The van der Waals surface area contributed by atoms with E-state index in [-0.39, 0.29) is 28.4 Å². The smallest absolute Gasteiger partial charge is 0.229 e. The monoisotopic (exact) mass is 339 g/mol. The standard InChI is InChI=1S/C19H17NO5/c1-20-5-4-9-6-13(24-2)19(23)17-15(9)11(20)7-10-12(21)8-14(25-3)18(22)16(10)17/h6-8,23H,4-5H2,1-3H3. The lowest BCUT2D eigenvalue weighted by atomic mass is 9.84. The maximum atomic E-state index is 12.9. The Morgan fingerprint density at radius 1 is 1.12 bits per heavy atom. The molecule has 0 bridgehead atoms. The maximum Gasteiger partial charge on any atom is 0.229 e. The summed E-state index contributed by atoms with van der Waals surface area (Å²) in [6.07, 6.45) is 1.95. The number of benzene rings is 2. The molecule has 1 heterocycles. The summed E-state index contributed by atoms with van der Waals surface area (Å²) in [6, 6.07) is 3.53. The normalized spacial score (nSPS) is 16.0. The number of methoxy groups -OCH3 is 2. The second-order valence-corrected chi connectivity index (χ2v) is 6.23. The number of rotatable bonds is 2. The molecule has 2 aliphatic rings. The molecule has 1 aliphatic carbocycles. The Labute approximate surface area is 144 Å². The number of hydrogen-bond acceptors (Lipinski definition) is 6. The van der Waals surface area contributed by atoms with Gasteiger partial charge in [0.25, 0.3) is 0 Å². The molecule has 25 heavy (non-hydrogen) atoms. The van der Waals surface area contributed by atoms with Crippen molar-refractivity contribution in [2.75, 3.05) is 32.7 Å². The van der Waals surface area contributed by atoms with Gasteiger partial charge in [0.2, 0.25) is 5.78 Å². The number of allylic oxidation sites excluding steroid dienone is 2. The Bertz CT molecular complexity index is 989. The second kappa shape index (κ2) is 5.24. The fraction of sp³-hybridized carbons (Fsp3) is 0.263. The molecule has 128 valence electrons. The zero-order valence-electron chi connectivity index (χ0n) is 14.2. The summed E-state index contributed by atoms with van der Waals surface area (Å²) in [6.45, 7) is 0.774. The number of nitrogens with zero attached hydrogens (tertiary/aromatic N) is 1. The molecule has 6 nitrogen and oxygen atoms in total. The summed E-state index contributed by atoms with van der Waals surface area (Å²) in [7, 11) is 4.74. The average molecular weight is 339 g/mol. The van der Waals surface area contributed by atoms with Crippen LogP contribution in [0.25, 0.3) is 10.8 Å². The number of likely N-dealkylation sites (N-methyl/N-ethyl adjacent to an activating group) is 1. The fourth-order valence-electron chi connectivity index (χ4n) is 3.68. The molecule has 0 amide bonds. The molecule has 1 N–H and O–H groups in total. The second-order valence-electron chi connectivity index (χ2n) is 6.23. The van der Waals surface area contributed by atoms with E-state index in [1.807, 2.05) is 11.9 Å². The van der Waals surface area contributed by atoms with Gasteiger partial charge in [-0.05, 0) is 24.1 Å². The van der Waals surface area contributed by atoms with E-state index in [9.17, 15) is 14.7 Å². The molecule has 0 saturated heterocycles. The average Bonchev–Trinajstić information content (AvgIpc) is 2.62. The quantitative estimate of drug-likeness (QED) is 0.906. The van der Waals surface area contributed by atoms with Gasteiger partial charge in [0.15, 0.2) is 23.0 Å². The first-order valence-electron chi connectivity index (χ1n) is 7.93. The zero-order chi connectivity index (χ0) is 17.9. The van der Waals surface area contributed by atoms with Crippen molar-refractivity contribution in [2.24, 2.45) is 0 Å². The van der Waals surface area contributed by atoms with Gasteiger partial charge in [-0.3, -0.25) is 9.59 Å². The highest BCUT2D eigenvalue weighted by atomic mass is 16.5. The Balaban J connectivity index is 2.21. The first-order valence-corrected chi connectivity index (χ1v) is 7.93. The largest absolute Gasteiger partial charge is 0.504 e. The summed E-state index contributed by atoms with van der Waals surface area (Å²) in [5.74, 6) is -0.590. The van der Waals surface area contributed by atoms with E-state index >= 15 is 0 Å². The third-order valence-corrected chi connectivity index (χ3v) is 4.95. The summed E-state index contributed by atoms with van der Waals surface area (Å²) < 4.78 is 10.4. The number of fused-ring (bicyclic) bond motifs is 2. The predicted molar refractivity (Wildman–Crippen MR) is 92.9 cm³/mol. The lowest BCUT2D eigenvalue weighted by Gasteiger charge is -2.30. The lowest BCUT2D eigenvalue weighted by Crippen LogP contribution is -2.27. The molecule has 4 rings (SSSR count). The van der Waals surface area contributed by atoms with Gasteiger partial charge in [-0.2, -0.15) is 0 Å². The molecule has 0 radical (unpaired) electrons. The van der Waals surface area contributed by atoms with Crippen molar-refractivity contribution >= 4 is 28.0 Å². The number of aromatic hydroxyl groups is 1. The van der Waals surface area contributed by atoms with Gasteiger partial charge in [0.05, 0.1) is 14.2 Å². The number of carbonyl (C=O) groups excluding carboxylic acids is 2. The minimum absolute atomic E-state index is 0.0271. The van der Waals surface area contributed by atoms with Crippen molar-refractivity contribution in [3.05, 3.63) is 40.7 Å². The van der Waals surface area contributed by atoms with E-state index < -0.39 is 5.78 Å². The van der Waals surface area contributed by atoms with Crippen molar-refractivity contribution in [1.82, 2.24) is 0 Å². The molecule has 1 aliphatic heterocycles. The minimum Gasteiger partial charge on any atom is -0.504 e. The third-order valence-electron chi connectivity index (χ3n) is 4.95. The van der Waals surface area contributed by atoms with Gasteiger partial charge in [-0.15, -0.1) is 0 Å². The highest BCUT2D eigenvalue weighted by molar-refractivity contribution is 6.30. The first kappa shape index (κ1) is 15.5. The SMILES string of the molecule is COC1=CC(=O)c2cc3c4c(cc(OC)c(O)c4c2C1=O)CCN3C. The van der Waals surface area contributed by atoms with E-state index in [1.54, 1.807) is 12.1 Å². The molecule has 0 unspecified atom stereocenters. The van der Waals surface area contributed by atoms with Crippen LogP contribution in [0, 0.1) is 0 Å². The van der Waals surface area contributed by atoms with Gasteiger partial charge >= 0.3 is 0 Å². The Morgan fingerprint density at radius 3 is 2.56 bits per heavy atom. The van der Waals surface area contributed by atoms with E-state index in [1.165, 1.54) is 20.3 Å². The van der Waals surface area contributed by atoms with Gasteiger partial charge in [-0.25, -0.2) is 0 Å². The van der Waals surface area contributed by atoms with Crippen molar-refractivity contribution in [3.8, 4) is 11.5 Å². The number of hydrogen-bond donors (Lipinski definition) is 1. The number of phenolic OH excluding ortho intramolecular Hbond substituents is 1. The van der Waals surface area contributed by atoms with Gasteiger partial charge in [0.1, 0.15) is 0 Å². The van der Waals surface area contributed by atoms with E-state index in [4.69, 9.17) is 9.47 Å². The molecule has 2 aromatic carbocycles. The highest BCUT2D eigenvalue weighted by Gasteiger charge is 2.34. The molecular weight excluding hydrogens is 322 g/mol. The summed E-state index contributed by atoms with van der Waals surface area (Å²) >= 11 is 0. The summed E-state index contributed by atoms with van der Waals surface area (Å²) in [5.41, 5.74) is 2.25. The maximum absolute atomic E-state index is 12.9.